The van der Waals surface area contributed by atoms with Crippen molar-refractivity contribution in [1.29, 1.82) is 5.26 Å². The minimum absolute atomic E-state index is 0.241. The van der Waals surface area contributed by atoms with Crippen molar-refractivity contribution in [3.8, 4) is 6.07 Å². The van der Waals surface area contributed by atoms with Crippen molar-refractivity contribution in [2.75, 3.05) is 30.7 Å². The predicted octanol–water partition coefficient (Wildman–Crippen LogP) is 2.17. The van der Waals surface area contributed by atoms with Gasteiger partial charge >= 0.3 is 6.09 Å². The van der Waals surface area contributed by atoms with E-state index in [0.717, 1.165) is 18.5 Å². The smallest absolute Gasteiger partial charge is 0.409 e. The molecule has 112 valence electrons. The fourth-order valence-corrected chi connectivity index (χ4v) is 2.40. The number of nitrogen functional groups attached to an aromatic ring is 1. The third-order valence-electron chi connectivity index (χ3n) is 3.57. The van der Waals surface area contributed by atoms with Crippen molar-refractivity contribution < 1.29 is 9.53 Å². The molecular weight excluding hydrogens is 268 g/mol. The predicted molar refractivity (Wildman–Crippen MR) is 80.8 cm³/mol. The van der Waals surface area contributed by atoms with Crippen molar-refractivity contribution in [3.05, 3.63) is 23.8 Å². The summed E-state index contributed by atoms with van der Waals surface area (Å²) < 4.78 is 4.99. The van der Waals surface area contributed by atoms with E-state index < -0.39 is 0 Å². The second kappa shape index (κ2) is 6.84. The molecule has 0 atom stereocenters. The van der Waals surface area contributed by atoms with Gasteiger partial charge in [-0.25, -0.2) is 4.79 Å². The molecule has 0 radical (unpaired) electrons. The van der Waals surface area contributed by atoms with Gasteiger partial charge < -0.3 is 20.7 Å². The van der Waals surface area contributed by atoms with Crippen LogP contribution >= 0.6 is 0 Å². The molecule has 1 heterocycles. The van der Waals surface area contributed by atoms with Gasteiger partial charge in [0.05, 0.1) is 12.2 Å². The number of hydrogen-bond acceptors (Lipinski definition) is 5. The van der Waals surface area contributed by atoms with Crippen molar-refractivity contribution in [2.45, 2.75) is 25.8 Å². The van der Waals surface area contributed by atoms with E-state index in [4.69, 9.17) is 15.7 Å². The molecule has 3 N–H and O–H groups in total. The minimum Gasteiger partial charge on any atom is -0.450 e. The van der Waals surface area contributed by atoms with Crippen molar-refractivity contribution in [1.82, 2.24) is 4.90 Å². The molecule has 6 nitrogen and oxygen atoms in total. The van der Waals surface area contributed by atoms with Crippen LogP contribution in [0.4, 0.5) is 16.2 Å². The van der Waals surface area contributed by atoms with Crippen LogP contribution in [0.5, 0.6) is 0 Å². The molecule has 0 aliphatic carbocycles. The first kappa shape index (κ1) is 15.0. The van der Waals surface area contributed by atoms with E-state index >= 15 is 0 Å². The number of nitrogens with one attached hydrogen (secondary N) is 1. The number of ether oxygens (including phenoxy) is 1. The van der Waals surface area contributed by atoms with Gasteiger partial charge in [-0.2, -0.15) is 5.26 Å². The summed E-state index contributed by atoms with van der Waals surface area (Å²) in [6, 6.07) is 7.71. The monoisotopic (exact) mass is 288 g/mol. The molecular formula is C15H20N4O2. The Morgan fingerprint density at radius 2 is 2.24 bits per heavy atom. The first-order valence-electron chi connectivity index (χ1n) is 7.12. The highest BCUT2D eigenvalue weighted by molar-refractivity contribution is 5.67. The molecule has 0 spiro atoms. The van der Waals surface area contributed by atoms with Gasteiger partial charge in [0.15, 0.2) is 0 Å². The molecule has 21 heavy (non-hydrogen) atoms. The van der Waals surface area contributed by atoms with Crippen molar-refractivity contribution >= 4 is 17.5 Å². The quantitative estimate of drug-likeness (QED) is 0.832. The molecule has 0 unspecified atom stereocenters. The van der Waals surface area contributed by atoms with Gasteiger partial charge in [-0.3, -0.25) is 0 Å². The molecule has 1 aliphatic rings. The van der Waals surface area contributed by atoms with Crippen molar-refractivity contribution in [3.63, 3.8) is 0 Å². The molecule has 1 fully saturated rings. The van der Waals surface area contributed by atoms with E-state index in [1.807, 2.05) is 6.07 Å². The van der Waals surface area contributed by atoms with Gasteiger partial charge in [-0.1, -0.05) is 0 Å². The van der Waals surface area contributed by atoms with Crippen LogP contribution in [0.1, 0.15) is 25.3 Å². The second-order valence-corrected chi connectivity index (χ2v) is 5.02. The molecule has 1 aliphatic heterocycles. The number of rotatable bonds is 3. The number of carbonyl (C=O) groups excluding carboxylic acids is 1. The Morgan fingerprint density at radius 3 is 2.86 bits per heavy atom. The van der Waals surface area contributed by atoms with E-state index in [-0.39, 0.29) is 12.1 Å². The number of piperidine rings is 1. The average Bonchev–Trinajstić information content (AvgIpc) is 2.50. The number of benzene rings is 1. The fourth-order valence-electron chi connectivity index (χ4n) is 2.40. The van der Waals surface area contributed by atoms with E-state index in [0.29, 0.717) is 30.9 Å². The molecule has 1 aromatic rings. The molecule has 1 aromatic carbocycles. The first-order chi connectivity index (χ1) is 10.1. The summed E-state index contributed by atoms with van der Waals surface area (Å²) >= 11 is 0. The third-order valence-corrected chi connectivity index (χ3v) is 3.57. The maximum Gasteiger partial charge on any atom is 0.409 e. The van der Waals surface area contributed by atoms with Gasteiger partial charge in [-0.15, -0.1) is 0 Å². The number of nitrogens with zero attached hydrogens (tertiary/aromatic N) is 2. The van der Waals surface area contributed by atoms with Crippen LogP contribution in [-0.4, -0.2) is 36.7 Å². The second-order valence-electron chi connectivity index (χ2n) is 5.02. The van der Waals surface area contributed by atoms with Gasteiger partial charge in [-0.05, 0) is 38.0 Å². The fraction of sp³-hybridized carbons (Fsp3) is 0.467. The highest BCUT2D eigenvalue weighted by Crippen LogP contribution is 2.21. The maximum atomic E-state index is 11.6. The SMILES string of the molecule is CCOC(=O)N1CCC(Nc2ccc(N)c(C#N)c2)CC1. The highest BCUT2D eigenvalue weighted by atomic mass is 16.6. The Labute approximate surface area is 124 Å². The summed E-state index contributed by atoms with van der Waals surface area (Å²) in [5.41, 5.74) is 7.55. The summed E-state index contributed by atoms with van der Waals surface area (Å²) in [6.07, 6.45) is 1.46. The first-order valence-corrected chi connectivity index (χ1v) is 7.12. The zero-order chi connectivity index (χ0) is 15.2. The normalized spacial score (nSPS) is 15.3. The summed E-state index contributed by atoms with van der Waals surface area (Å²) in [6.45, 7) is 3.56. The third kappa shape index (κ3) is 3.78. The molecule has 0 saturated carbocycles. The molecule has 1 saturated heterocycles. The molecule has 0 aromatic heterocycles. The Morgan fingerprint density at radius 1 is 1.52 bits per heavy atom. The van der Waals surface area contributed by atoms with Crippen LogP contribution in [0.2, 0.25) is 0 Å². The van der Waals surface area contributed by atoms with Gasteiger partial charge in [0, 0.05) is 30.5 Å². The Balaban J connectivity index is 1.89. The largest absolute Gasteiger partial charge is 0.450 e. The zero-order valence-electron chi connectivity index (χ0n) is 12.1. The Hall–Kier alpha value is -2.42. The van der Waals surface area contributed by atoms with Gasteiger partial charge in [0.2, 0.25) is 0 Å². The number of likely N-dealkylation sites (tertiary alicyclic amines) is 1. The summed E-state index contributed by atoms with van der Waals surface area (Å²) in [5.74, 6) is 0. The number of nitrogens with two attached hydrogens (primary N) is 1. The Bertz CT molecular complexity index is 545. The van der Waals surface area contributed by atoms with E-state index in [1.54, 1.807) is 24.0 Å². The molecule has 1 amide bonds. The number of carbonyl (C=O) groups is 1. The summed E-state index contributed by atoms with van der Waals surface area (Å²) in [4.78, 5) is 13.3. The average molecular weight is 288 g/mol. The lowest BCUT2D eigenvalue weighted by molar-refractivity contribution is 0.0983. The van der Waals surface area contributed by atoms with Crippen LogP contribution in [0, 0.1) is 11.3 Å². The zero-order valence-corrected chi connectivity index (χ0v) is 12.1. The van der Waals surface area contributed by atoms with Crippen LogP contribution in [0.25, 0.3) is 0 Å². The molecule has 2 rings (SSSR count). The van der Waals surface area contributed by atoms with E-state index in [2.05, 4.69) is 11.4 Å². The van der Waals surface area contributed by atoms with E-state index in [9.17, 15) is 4.79 Å². The highest BCUT2D eigenvalue weighted by Gasteiger charge is 2.23. The maximum absolute atomic E-state index is 11.6. The summed E-state index contributed by atoms with van der Waals surface area (Å²) in [5, 5.41) is 12.4. The molecule has 6 heteroatoms. The molecule has 0 bridgehead atoms. The van der Waals surface area contributed by atoms with E-state index in [1.165, 1.54) is 0 Å². The summed E-state index contributed by atoms with van der Waals surface area (Å²) in [7, 11) is 0. The van der Waals surface area contributed by atoms with Gasteiger partial charge in [0.1, 0.15) is 6.07 Å². The van der Waals surface area contributed by atoms with Crippen molar-refractivity contribution in [2.24, 2.45) is 0 Å². The van der Waals surface area contributed by atoms with Crippen LogP contribution in [-0.2, 0) is 4.74 Å². The number of anilines is 2. The number of amides is 1. The minimum atomic E-state index is -0.241. The number of nitriles is 1. The standard InChI is InChI=1S/C15H20N4O2/c1-2-21-15(20)19-7-5-12(6-8-19)18-13-3-4-14(17)11(9-13)10-16/h3-4,9,12,18H,2,5-8,17H2,1H3. The number of hydrogen-bond donors (Lipinski definition) is 2. The topological polar surface area (TPSA) is 91.4 Å². The lowest BCUT2D eigenvalue weighted by Crippen LogP contribution is -2.42. The van der Waals surface area contributed by atoms with Gasteiger partial charge in [0.25, 0.3) is 0 Å². The lowest BCUT2D eigenvalue weighted by atomic mass is 10.0. The lowest BCUT2D eigenvalue weighted by Gasteiger charge is -2.32. The Kier molecular flexibility index (Phi) is 4.88. The van der Waals surface area contributed by atoms with Crippen LogP contribution in [0.3, 0.4) is 0 Å². The van der Waals surface area contributed by atoms with Crippen LogP contribution in [0.15, 0.2) is 18.2 Å². The van der Waals surface area contributed by atoms with Crippen LogP contribution < -0.4 is 11.1 Å².